The first-order valence-electron chi connectivity index (χ1n) is 6.71. The van der Waals surface area contributed by atoms with E-state index in [0.29, 0.717) is 17.2 Å². The molecule has 0 saturated heterocycles. The van der Waals surface area contributed by atoms with E-state index in [9.17, 15) is 9.90 Å². The van der Waals surface area contributed by atoms with Crippen LogP contribution in [-0.2, 0) is 4.79 Å². The van der Waals surface area contributed by atoms with Gasteiger partial charge in [0.1, 0.15) is 5.75 Å². The van der Waals surface area contributed by atoms with Gasteiger partial charge in [-0.2, -0.15) is 0 Å². The number of amides is 1. The molecule has 1 unspecified atom stereocenters. The fourth-order valence-electron chi connectivity index (χ4n) is 1.58. The van der Waals surface area contributed by atoms with Gasteiger partial charge >= 0.3 is 0 Å². The molecule has 1 amide bonds. The van der Waals surface area contributed by atoms with Gasteiger partial charge in [-0.15, -0.1) is 0 Å². The summed E-state index contributed by atoms with van der Waals surface area (Å²) in [4.78, 5) is 11.8. The van der Waals surface area contributed by atoms with E-state index in [-0.39, 0.29) is 18.6 Å². The van der Waals surface area contributed by atoms with Gasteiger partial charge in [0.2, 0.25) is 0 Å². The van der Waals surface area contributed by atoms with Crippen LogP contribution in [-0.4, -0.2) is 23.7 Å². The molecule has 1 rings (SSSR count). The summed E-state index contributed by atoms with van der Waals surface area (Å²) in [6, 6.07) is 5.45. The normalized spacial score (nSPS) is 13.9. The van der Waals surface area contributed by atoms with Gasteiger partial charge in [0.15, 0.2) is 6.61 Å². The number of aliphatic hydroxyl groups excluding tert-OH is 1. The average molecular weight is 344 g/mol. The Morgan fingerprint density at radius 2 is 2.00 bits per heavy atom. The number of carbonyl (C=O) groups excluding carboxylic acids is 1. The quantitative estimate of drug-likeness (QED) is 0.834. The van der Waals surface area contributed by atoms with Gasteiger partial charge in [0, 0.05) is 16.1 Å². The standard InChI is InChI=1S/C15H22BrNO3/c1-9(2)10(3)17-15(19)8-20-14-6-5-12(16)7-13(14)11(4)18/h5-7,9-11,18H,8H2,1-4H3,(H,17,19)/t10?,11-/m1/s1. The maximum absolute atomic E-state index is 11.8. The van der Waals surface area contributed by atoms with Crippen molar-refractivity contribution < 1.29 is 14.6 Å². The molecule has 0 fully saturated rings. The highest BCUT2D eigenvalue weighted by molar-refractivity contribution is 9.10. The smallest absolute Gasteiger partial charge is 0.258 e. The zero-order valence-electron chi connectivity index (χ0n) is 12.3. The van der Waals surface area contributed by atoms with Gasteiger partial charge in [0.25, 0.3) is 5.91 Å². The molecule has 0 aliphatic rings. The van der Waals surface area contributed by atoms with E-state index in [4.69, 9.17) is 4.74 Å². The summed E-state index contributed by atoms with van der Waals surface area (Å²) in [7, 11) is 0. The number of rotatable bonds is 6. The zero-order chi connectivity index (χ0) is 15.3. The molecular weight excluding hydrogens is 322 g/mol. The van der Waals surface area contributed by atoms with Crippen LogP contribution in [0.5, 0.6) is 5.75 Å². The minimum absolute atomic E-state index is 0.0571. The lowest BCUT2D eigenvalue weighted by molar-refractivity contribution is -0.124. The van der Waals surface area contributed by atoms with Gasteiger partial charge in [0.05, 0.1) is 6.10 Å². The molecule has 4 nitrogen and oxygen atoms in total. The molecule has 1 aromatic carbocycles. The van der Waals surface area contributed by atoms with Crippen LogP contribution in [0.1, 0.15) is 39.4 Å². The van der Waals surface area contributed by atoms with Gasteiger partial charge < -0.3 is 15.2 Å². The Labute approximate surface area is 128 Å². The van der Waals surface area contributed by atoms with Crippen molar-refractivity contribution in [3.63, 3.8) is 0 Å². The summed E-state index contributed by atoms with van der Waals surface area (Å²) < 4.78 is 6.36. The van der Waals surface area contributed by atoms with Crippen molar-refractivity contribution in [2.24, 2.45) is 5.92 Å². The lowest BCUT2D eigenvalue weighted by atomic mass is 10.1. The van der Waals surface area contributed by atoms with Crippen molar-refractivity contribution in [2.75, 3.05) is 6.61 Å². The third kappa shape index (κ3) is 5.13. The van der Waals surface area contributed by atoms with Gasteiger partial charge in [-0.05, 0) is 38.0 Å². The number of benzene rings is 1. The van der Waals surface area contributed by atoms with E-state index in [1.54, 1.807) is 19.1 Å². The zero-order valence-corrected chi connectivity index (χ0v) is 13.9. The van der Waals surface area contributed by atoms with E-state index >= 15 is 0 Å². The van der Waals surface area contributed by atoms with Crippen molar-refractivity contribution in [2.45, 2.75) is 39.8 Å². The second-order valence-electron chi connectivity index (χ2n) is 5.25. The Bertz CT molecular complexity index is 460. The largest absolute Gasteiger partial charge is 0.483 e. The molecule has 0 saturated carbocycles. The number of nitrogens with one attached hydrogen (secondary N) is 1. The lowest BCUT2D eigenvalue weighted by Gasteiger charge is -2.18. The molecule has 0 aliphatic heterocycles. The van der Waals surface area contributed by atoms with Crippen molar-refractivity contribution in [3.8, 4) is 5.75 Å². The van der Waals surface area contributed by atoms with Crippen LogP contribution in [0.15, 0.2) is 22.7 Å². The number of hydrogen-bond donors (Lipinski definition) is 2. The number of aliphatic hydroxyl groups is 1. The summed E-state index contributed by atoms with van der Waals surface area (Å²) in [6.07, 6.45) is -0.653. The monoisotopic (exact) mass is 343 g/mol. The van der Waals surface area contributed by atoms with Crippen molar-refractivity contribution in [1.82, 2.24) is 5.32 Å². The highest BCUT2D eigenvalue weighted by atomic mass is 79.9. The van der Waals surface area contributed by atoms with Crippen molar-refractivity contribution >= 4 is 21.8 Å². The molecule has 0 bridgehead atoms. The first-order valence-corrected chi connectivity index (χ1v) is 7.50. The molecule has 0 radical (unpaired) electrons. The van der Waals surface area contributed by atoms with Gasteiger partial charge in [-0.1, -0.05) is 29.8 Å². The van der Waals surface area contributed by atoms with E-state index in [2.05, 4.69) is 21.2 Å². The van der Waals surface area contributed by atoms with Gasteiger partial charge in [-0.25, -0.2) is 0 Å². The predicted octanol–water partition coefficient (Wildman–Crippen LogP) is 3.04. The fourth-order valence-corrected chi connectivity index (χ4v) is 1.96. The van der Waals surface area contributed by atoms with Crippen molar-refractivity contribution in [3.05, 3.63) is 28.2 Å². The molecule has 2 atom stereocenters. The van der Waals surface area contributed by atoms with E-state index < -0.39 is 6.10 Å². The Morgan fingerprint density at radius 1 is 1.35 bits per heavy atom. The number of hydrogen-bond acceptors (Lipinski definition) is 3. The Kier molecular flexibility index (Phi) is 6.49. The maximum atomic E-state index is 11.8. The van der Waals surface area contributed by atoms with Crippen LogP contribution in [0.2, 0.25) is 0 Å². The molecule has 5 heteroatoms. The molecule has 20 heavy (non-hydrogen) atoms. The Balaban J connectivity index is 2.64. The molecule has 2 N–H and O–H groups in total. The first kappa shape index (κ1) is 17.0. The molecule has 1 aromatic rings. The van der Waals surface area contributed by atoms with Crippen LogP contribution >= 0.6 is 15.9 Å². The minimum atomic E-state index is -0.653. The summed E-state index contributed by atoms with van der Waals surface area (Å²) in [5.41, 5.74) is 0.657. The third-order valence-electron chi connectivity index (χ3n) is 3.17. The highest BCUT2D eigenvalue weighted by Crippen LogP contribution is 2.28. The molecule has 112 valence electrons. The third-order valence-corrected chi connectivity index (χ3v) is 3.66. The van der Waals surface area contributed by atoms with Crippen LogP contribution in [0.3, 0.4) is 0 Å². The molecule has 0 aliphatic carbocycles. The summed E-state index contributed by atoms with van der Waals surface area (Å²) in [6.45, 7) is 7.66. The van der Waals surface area contributed by atoms with Crippen molar-refractivity contribution in [1.29, 1.82) is 0 Å². The number of carbonyl (C=O) groups is 1. The maximum Gasteiger partial charge on any atom is 0.258 e. The second kappa shape index (κ2) is 7.64. The predicted molar refractivity (Wildman–Crippen MR) is 82.7 cm³/mol. The van der Waals surface area contributed by atoms with Crippen LogP contribution in [0, 0.1) is 5.92 Å². The lowest BCUT2D eigenvalue weighted by Crippen LogP contribution is -2.39. The van der Waals surface area contributed by atoms with Crippen LogP contribution < -0.4 is 10.1 Å². The Morgan fingerprint density at radius 3 is 2.55 bits per heavy atom. The number of ether oxygens (including phenoxy) is 1. The summed E-state index contributed by atoms with van der Waals surface area (Å²) in [5.74, 6) is 0.737. The van der Waals surface area contributed by atoms with Gasteiger partial charge in [-0.3, -0.25) is 4.79 Å². The molecule has 0 heterocycles. The van der Waals surface area contributed by atoms with E-state index in [1.807, 2.05) is 26.8 Å². The number of halogens is 1. The summed E-state index contributed by atoms with van der Waals surface area (Å²) in [5, 5.41) is 12.6. The first-order chi connectivity index (χ1) is 9.31. The average Bonchev–Trinajstić information content (AvgIpc) is 2.36. The minimum Gasteiger partial charge on any atom is -0.483 e. The summed E-state index contributed by atoms with van der Waals surface area (Å²) >= 11 is 3.35. The molecular formula is C15H22BrNO3. The molecule has 0 spiro atoms. The van der Waals surface area contributed by atoms with Crippen LogP contribution in [0.4, 0.5) is 0 Å². The molecule has 0 aromatic heterocycles. The topological polar surface area (TPSA) is 58.6 Å². The second-order valence-corrected chi connectivity index (χ2v) is 6.16. The van der Waals surface area contributed by atoms with E-state index in [0.717, 1.165) is 4.47 Å². The highest BCUT2D eigenvalue weighted by Gasteiger charge is 2.14. The fraction of sp³-hybridized carbons (Fsp3) is 0.533. The van der Waals surface area contributed by atoms with E-state index in [1.165, 1.54) is 0 Å². The SMILES string of the molecule is CC(C)C(C)NC(=O)COc1ccc(Br)cc1[C@@H](C)O. The Hall–Kier alpha value is -1.07. The van der Waals surface area contributed by atoms with Crippen LogP contribution in [0.25, 0.3) is 0 Å².